The monoisotopic (exact) mass is 292 g/mol. The number of hydrogen-bond donors (Lipinski definition) is 2. The molecule has 0 amide bonds. The second kappa shape index (κ2) is 5.95. The maximum atomic E-state index is 5.88. The molecule has 0 saturated heterocycles. The molecule has 1 fully saturated rings. The lowest BCUT2D eigenvalue weighted by Crippen LogP contribution is -2.31. The number of nitrogens with two attached hydrogens (primary N) is 1. The van der Waals surface area contributed by atoms with Gasteiger partial charge in [0.15, 0.2) is 0 Å². The third-order valence-corrected chi connectivity index (χ3v) is 5.44. The molecular weight excluding hydrogens is 264 g/mol. The van der Waals surface area contributed by atoms with Gasteiger partial charge in [-0.05, 0) is 22.8 Å². The topological polar surface area (TPSA) is 56.5 Å². The van der Waals surface area contributed by atoms with E-state index in [4.69, 9.17) is 15.3 Å². The summed E-state index contributed by atoms with van der Waals surface area (Å²) in [7, 11) is 1.68. The van der Waals surface area contributed by atoms with Crippen LogP contribution in [0.15, 0.2) is 24.3 Å². The van der Waals surface area contributed by atoms with Crippen molar-refractivity contribution in [2.75, 3.05) is 20.3 Å². The average Bonchev–Trinajstić information content (AvgIpc) is 2.84. The zero-order valence-electron chi connectivity index (χ0n) is 13.8. The van der Waals surface area contributed by atoms with E-state index in [1.165, 1.54) is 0 Å². The number of para-hydroxylation sites is 1. The SMILES string of the molecule is COCCOc1ccccc1C(NN)C1C(C)(C)C1(C)C. The molecule has 1 aromatic carbocycles. The van der Waals surface area contributed by atoms with E-state index < -0.39 is 0 Å². The molecule has 1 unspecified atom stereocenters. The van der Waals surface area contributed by atoms with Crippen molar-refractivity contribution in [1.29, 1.82) is 0 Å². The molecule has 0 aliphatic heterocycles. The van der Waals surface area contributed by atoms with Gasteiger partial charge in [-0.15, -0.1) is 0 Å². The van der Waals surface area contributed by atoms with Crippen LogP contribution in [0.1, 0.15) is 39.3 Å². The van der Waals surface area contributed by atoms with Gasteiger partial charge in [0.2, 0.25) is 0 Å². The molecule has 1 aliphatic rings. The van der Waals surface area contributed by atoms with Gasteiger partial charge in [-0.1, -0.05) is 45.9 Å². The standard InChI is InChI=1S/C17H28N2O2/c1-16(2)15(17(16,3)4)14(19-18)12-8-6-7-9-13(12)21-11-10-20-5/h6-9,14-15,19H,10-11,18H2,1-5H3. The van der Waals surface area contributed by atoms with Crippen molar-refractivity contribution in [3.63, 3.8) is 0 Å². The number of benzene rings is 1. The highest BCUT2D eigenvalue weighted by atomic mass is 16.5. The van der Waals surface area contributed by atoms with E-state index in [9.17, 15) is 0 Å². The van der Waals surface area contributed by atoms with Gasteiger partial charge >= 0.3 is 0 Å². The second-order valence-corrected chi connectivity index (χ2v) is 6.94. The summed E-state index contributed by atoms with van der Waals surface area (Å²) in [4.78, 5) is 0. The quantitative estimate of drug-likeness (QED) is 0.461. The van der Waals surface area contributed by atoms with Crippen LogP contribution in [0.25, 0.3) is 0 Å². The Morgan fingerprint density at radius 1 is 1.14 bits per heavy atom. The molecule has 4 heteroatoms. The zero-order valence-corrected chi connectivity index (χ0v) is 13.8. The van der Waals surface area contributed by atoms with E-state index in [0.717, 1.165) is 11.3 Å². The summed E-state index contributed by atoms with van der Waals surface area (Å²) in [5, 5.41) is 0. The van der Waals surface area contributed by atoms with Crippen LogP contribution in [0.4, 0.5) is 0 Å². The van der Waals surface area contributed by atoms with Gasteiger partial charge in [-0.25, -0.2) is 0 Å². The van der Waals surface area contributed by atoms with Gasteiger partial charge in [0.25, 0.3) is 0 Å². The number of methoxy groups -OCH3 is 1. The lowest BCUT2D eigenvalue weighted by molar-refractivity contribution is 0.145. The first-order valence-corrected chi connectivity index (χ1v) is 7.54. The van der Waals surface area contributed by atoms with Gasteiger partial charge in [-0.3, -0.25) is 11.3 Å². The molecule has 1 saturated carbocycles. The molecule has 4 nitrogen and oxygen atoms in total. The molecule has 0 heterocycles. The Morgan fingerprint density at radius 3 is 2.29 bits per heavy atom. The van der Waals surface area contributed by atoms with Gasteiger partial charge < -0.3 is 9.47 Å². The maximum absolute atomic E-state index is 5.88. The summed E-state index contributed by atoms with van der Waals surface area (Å²) in [5.74, 6) is 7.24. The highest BCUT2D eigenvalue weighted by Gasteiger charge is 2.67. The molecule has 0 spiro atoms. The van der Waals surface area contributed by atoms with Crippen molar-refractivity contribution in [3.05, 3.63) is 29.8 Å². The number of nitrogens with one attached hydrogen (secondary N) is 1. The summed E-state index contributed by atoms with van der Waals surface area (Å²) in [6.45, 7) is 10.3. The van der Waals surface area contributed by atoms with Gasteiger partial charge in [0, 0.05) is 12.7 Å². The summed E-state index contributed by atoms with van der Waals surface area (Å²) in [6, 6.07) is 8.21. The fourth-order valence-electron chi connectivity index (χ4n) is 3.55. The van der Waals surface area contributed by atoms with Crippen molar-refractivity contribution < 1.29 is 9.47 Å². The largest absolute Gasteiger partial charge is 0.491 e. The first-order valence-electron chi connectivity index (χ1n) is 7.54. The molecule has 2 rings (SSSR count). The fraction of sp³-hybridized carbons (Fsp3) is 0.647. The molecule has 1 aliphatic carbocycles. The average molecular weight is 292 g/mol. The van der Waals surface area contributed by atoms with Crippen LogP contribution in [0.5, 0.6) is 5.75 Å². The highest BCUT2D eigenvalue weighted by Crippen LogP contribution is 2.72. The molecular formula is C17H28N2O2. The summed E-state index contributed by atoms with van der Waals surface area (Å²) in [5.41, 5.74) is 4.64. The molecule has 118 valence electrons. The zero-order chi connectivity index (χ0) is 15.7. The molecule has 3 N–H and O–H groups in total. The molecule has 0 radical (unpaired) electrons. The Morgan fingerprint density at radius 2 is 1.76 bits per heavy atom. The second-order valence-electron chi connectivity index (χ2n) is 6.94. The van der Waals surface area contributed by atoms with E-state index in [1.807, 2.05) is 18.2 Å². The summed E-state index contributed by atoms with van der Waals surface area (Å²) >= 11 is 0. The minimum atomic E-state index is 0.0914. The van der Waals surface area contributed by atoms with Crippen LogP contribution in [0.3, 0.4) is 0 Å². The Balaban J connectivity index is 2.23. The van der Waals surface area contributed by atoms with E-state index >= 15 is 0 Å². The maximum Gasteiger partial charge on any atom is 0.124 e. The van der Waals surface area contributed by atoms with Crippen LogP contribution in [-0.2, 0) is 4.74 Å². The Bertz CT molecular complexity index is 471. The van der Waals surface area contributed by atoms with E-state index in [-0.39, 0.29) is 16.9 Å². The van der Waals surface area contributed by atoms with Crippen LogP contribution in [0, 0.1) is 16.7 Å². The molecule has 21 heavy (non-hydrogen) atoms. The van der Waals surface area contributed by atoms with E-state index in [1.54, 1.807) is 7.11 Å². The minimum absolute atomic E-state index is 0.0914. The lowest BCUT2D eigenvalue weighted by atomic mass is 9.96. The number of hydrogen-bond acceptors (Lipinski definition) is 4. The molecule has 1 atom stereocenters. The number of hydrazine groups is 1. The van der Waals surface area contributed by atoms with Crippen molar-refractivity contribution >= 4 is 0 Å². The number of rotatable bonds is 7. The normalized spacial score (nSPS) is 21.0. The smallest absolute Gasteiger partial charge is 0.124 e. The fourth-order valence-corrected chi connectivity index (χ4v) is 3.55. The van der Waals surface area contributed by atoms with Crippen molar-refractivity contribution in [2.45, 2.75) is 33.7 Å². The first-order chi connectivity index (χ1) is 9.87. The summed E-state index contributed by atoms with van der Waals surface area (Å²) in [6.07, 6.45) is 0. The third kappa shape index (κ3) is 2.80. The van der Waals surface area contributed by atoms with Gasteiger partial charge in [-0.2, -0.15) is 0 Å². The minimum Gasteiger partial charge on any atom is -0.491 e. The van der Waals surface area contributed by atoms with E-state index in [2.05, 4.69) is 39.2 Å². The van der Waals surface area contributed by atoms with Crippen LogP contribution < -0.4 is 16.0 Å². The predicted molar refractivity (Wildman–Crippen MR) is 84.9 cm³/mol. The summed E-state index contributed by atoms with van der Waals surface area (Å²) < 4.78 is 10.9. The van der Waals surface area contributed by atoms with Crippen molar-refractivity contribution in [2.24, 2.45) is 22.6 Å². The Hall–Kier alpha value is -1.10. The van der Waals surface area contributed by atoms with Crippen LogP contribution in [-0.4, -0.2) is 20.3 Å². The first kappa shape index (κ1) is 16.3. The van der Waals surface area contributed by atoms with Gasteiger partial charge in [0.05, 0.1) is 12.6 Å². The highest BCUT2D eigenvalue weighted by molar-refractivity contribution is 5.39. The van der Waals surface area contributed by atoms with Crippen LogP contribution >= 0.6 is 0 Å². The van der Waals surface area contributed by atoms with Crippen LogP contribution in [0.2, 0.25) is 0 Å². The van der Waals surface area contributed by atoms with Gasteiger partial charge in [0.1, 0.15) is 12.4 Å². The lowest BCUT2D eigenvalue weighted by Gasteiger charge is -2.22. The van der Waals surface area contributed by atoms with Crippen molar-refractivity contribution in [3.8, 4) is 5.75 Å². The molecule has 1 aromatic rings. The molecule has 0 aromatic heterocycles. The third-order valence-electron chi connectivity index (χ3n) is 5.44. The Labute approximate surface area is 128 Å². The number of ether oxygens (including phenoxy) is 2. The predicted octanol–water partition coefficient (Wildman–Crippen LogP) is 2.90. The van der Waals surface area contributed by atoms with E-state index in [0.29, 0.717) is 19.1 Å². The van der Waals surface area contributed by atoms with Crippen molar-refractivity contribution in [1.82, 2.24) is 5.43 Å². The molecule has 0 bridgehead atoms. The Kier molecular flexibility index (Phi) is 4.61.